The van der Waals surface area contributed by atoms with Crippen molar-refractivity contribution in [3.05, 3.63) is 11.6 Å². The summed E-state index contributed by atoms with van der Waals surface area (Å²) in [6.07, 6.45) is 8.00. The van der Waals surface area contributed by atoms with Crippen LogP contribution in [0.4, 0.5) is 0 Å². The van der Waals surface area contributed by atoms with Gasteiger partial charge in [-0.05, 0) is 6.42 Å². The predicted octanol–water partition coefficient (Wildman–Crippen LogP) is 2.37. The molecule has 1 amide bonds. The van der Waals surface area contributed by atoms with Crippen molar-refractivity contribution in [3.8, 4) is 0 Å². The lowest BCUT2D eigenvalue weighted by atomic mass is 10.1. The van der Waals surface area contributed by atoms with Gasteiger partial charge in [0.1, 0.15) is 5.88 Å². The average molecular weight is 229 g/mol. The van der Waals surface area contributed by atoms with Crippen LogP contribution in [-0.2, 0) is 15.6 Å². The van der Waals surface area contributed by atoms with Gasteiger partial charge in [-0.3, -0.25) is 9.00 Å². The van der Waals surface area contributed by atoms with Gasteiger partial charge in [0, 0.05) is 18.0 Å². The Morgan fingerprint density at radius 2 is 2.07 bits per heavy atom. The third kappa shape index (κ3) is 4.60. The van der Waals surface area contributed by atoms with Crippen LogP contribution in [0, 0.1) is 0 Å². The molecule has 0 radical (unpaired) electrons. The van der Waals surface area contributed by atoms with Crippen LogP contribution in [-0.4, -0.2) is 20.9 Å². The van der Waals surface area contributed by atoms with E-state index in [1.54, 1.807) is 16.5 Å². The van der Waals surface area contributed by atoms with Crippen molar-refractivity contribution in [3.63, 3.8) is 0 Å². The van der Waals surface area contributed by atoms with Crippen LogP contribution in [0.25, 0.3) is 0 Å². The molecule has 0 saturated heterocycles. The molecule has 4 heteroatoms. The predicted molar refractivity (Wildman–Crippen MR) is 62.4 cm³/mol. The summed E-state index contributed by atoms with van der Waals surface area (Å²) in [4.78, 5) is 13.1. The molecule has 1 unspecified atom stereocenters. The molecule has 0 N–H and O–H groups in total. The molecule has 1 aliphatic heterocycles. The fraction of sp³-hybridized carbons (Fsp3) is 0.727. The second kappa shape index (κ2) is 6.77. The number of hydrogen-bond donors (Lipinski definition) is 0. The Kier molecular flexibility index (Phi) is 5.61. The molecule has 3 nitrogen and oxygen atoms in total. The highest BCUT2D eigenvalue weighted by Gasteiger charge is 2.16. The maximum Gasteiger partial charge on any atom is 0.227 e. The van der Waals surface area contributed by atoms with Crippen LogP contribution in [0.1, 0.15) is 45.4 Å². The maximum atomic E-state index is 11.6. The molecule has 0 spiro atoms. The van der Waals surface area contributed by atoms with Crippen LogP contribution in [0.15, 0.2) is 11.6 Å². The molecular weight excluding hydrogens is 210 g/mol. The number of amides is 1. The van der Waals surface area contributed by atoms with Crippen molar-refractivity contribution in [1.29, 1.82) is 0 Å². The standard InChI is InChI=1S/C11H19NO2S/c1-2-3-4-5-6-7-11(13)12-8-9-15(14)10-12/h8-9H,2-7,10H2,1H3. The van der Waals surface area contributed by atoms with E-state index in [2.05, 4.69) is 6.92 Å². The van der Waals surface area contributed by atoms with E-state index in [0.717, 1.165) is 12.8 Å². The van der Waals surface area contributed by atoms with Crippen molar-refractivity contribution in [2.75, 3.05) is 5.88 Å². The van der Waals surface area contributed by atoms with Crippen molar-refractivity contribution in [2.24, 2.45) is 0 Å². The van der Waals surface area contributed by atoms with Gasteiger partial charge in [-0.2, -0.15) is 0 Å². The monoisotopic (exact) mass is 229 g/mol. The minimum absolute atomic E-state index is 0.105. The Labute approximate surface area is 94.0 Å². The lowest BCUT2D eigenvalue weighted by molar-refractivity contribution is -0.127. The normalized spacial score (nSPS) is 19.8. The van der Waals surface area contributed by atoms with Crippen molar-refractivity contribution in [1.82, 2.24) is 4.90 Å². The molecule has 15 heavy (non-hydrogen) atoms. The van der Waals surface area contributed by atoms with E-state index in [9.17, 15) is 9.00 Å². The molecule has 0 aromatic carbocycles. The fourth-order valence-corrected chi connectivity index (χ4v) is 2.42. The molecule has 1 rings (SSSR count). The SMILES string of the molecule is CCCCCCCC(=O)N1C=CS(=O)C1. The number of unbranched alkanes of at least 4 members (excludes halogenated alkanes) is 4. The molecule has 1 aliphatic rings. The highest BCUT2D eigenvalue weighted by atomic mass is 32.2. The number of hydrogen-bond acceptors (Lipinski definition) is 2. The van der Waals surface area contributed by atoms with E-state index in [-0.39, 0.29) is 5.91 Å². The van der Waals surface area contributed by atoms with E-state index in [4.69, 9.17) is 0 Å². The second-order valence-electron chi connectivity index (χ2n) is 3.82. The Morgan fingerprint density at radius 3 is 2.67 bits per heavy atom. The smallest absolute Gasteiger partial charge is 0.227 e. The summed E-state index contributed by atoms with van der Waals surface area (Å²) in [7, 11) is -0.959. The number of carbonyl (C=O) groups is 1. The van der Waals surface area contributed by atoms with Gasteiger partial charge in [0.2, 0.25) is 5.91 Å². The van der Waals surface area contributed by atoms with Crippen LogP contribution < -0.4 is 0 Å². The summed E-state index contributed by atoms with van der Waals surface area (Å²) in [5.41, 5.74) is 0. The molecule has 0 aromatic rings. The topological polar surface area (TPSA) is 37.4 Å². The Bertz CT molecular complexity index is 263. The highest BCUT2D eigenvalue weighted by Crippen LogP contribution is 2.10. The highest BCUT2D eigenvalue weighted by molar-refractivity contribution is 7.88. The van der Waals surface area contributed by atoms with Gasteiger partial charge in [0.15, 0.2) is 0 Å². The first-order chi connectivity index (χ1) is 7.24. The molecule has 0 saturated carbocycles. The van der Waals surface area contributed by atoms with Gasteiger partial charge in [-0.25, -0.2) is 0 Å². The number of rotatable bonds is 6. The Balaban J connectivity index is 2.09. The van der Waals surface area contributed by atoms with Gasteiger partial charge >= 0.3 is 0 Å². The Morgan fingerprint density at radius 1 is 1.33 bits per heavy atom. The summed E-state index contributed by atoms with van der Waals surface area (Å²) in [6, 6.07) is 0. The molecular formula is C11H19NO2S. The minimum Gasteiger partial charge on any atom is -0.306 e. The van der Waals surface area contributed by atoms with E-state index in [0.29, 0.717) is 12.3 Å². The van der Waals surface area contributed by atoms with E-state index in [1.165, 1.54) is 19.3 Å². The van der Waals surface area contributed by atoms with Gasteiger partial charge in [-0.1, -0.05) is 32.6 Å². The molecule has 0 fully saturated rings. The zero-order chi connectivity index (χ0) is 11.1. The summed E-state index contributed by atoms with van der Waals surface area (Å²) < 4.78 is 11.0. The van der Waals surface area contributed by atoms with Gasteiger partial charge < -0.3 is 4.90 Å². The Hall–Kier alpha value is -0.640. The van der Waals surface area contributed by atoms with Gasteiger partial charge in [-0.15, -0.1) is 0 Å². The lowest BCUT2D eigenvalue weighted by Gasteiger charge is -2.11. The molecule has 0 aromatic heterocycles. The van der Waals surface area contributed by atoms with E-state index in [1.807, 2.05) is 0 Å². The first-order valence-electron chi connectivity index (χ1n) is 5.59. The number of nitrogens with zero attached hydrogens (tertiary/aromatic N) is 1. The lowest BCUT2D eigenvalue weighted by Crippen LogP contribution is -2.24. The van der Waals surface area contributed by atoms with Gasteiger partial charge in [0.25, 0.3) is 0 Å². The molecule has 86 valence electrons. The van der Waals surface area contributed by atoms with E-state index < -0.39 is 10.8 Å². The zero-order valence-corrected chi connectivity index (χ0v) is 10.1. The quantitative estimate of drug-likeness (QED) is 0.656. The van der Waals surface area contributed by atoms with Gasteiger partial charge in [0.05, 0.1) is 10.8 Å². The van der Waals surface area contributed by atoms with Crippen LogP contribution >= 0.6 is 0 Å². The van der Waals surface area contributed by atoms with Crippen molar-refractivity contribution >= 4 is 16.7 Å². The second-order valence-corrected chi connectivity index (χ2v) is 5.11. The third-order valence-corrected chi connectivity index (χ3v) is 3.43. The van der Waals surface area contributed by atoms with Crippen LogP contribution in [0.2, 0.25) is 0 Å². The largest absolute Gasteiger partial charge is 0.306 e. The summed E-state index contributed by atoms with van der Waals surface area (Å²) in [5, 5.41) is 1.58. The summed E-state index contributed by atoms with van der Waals surface area (Å²) >= 11 is 0. The van der Waals surface area contributed by atoms with Crippen molar-refractivity contribution in [2.45, 2.75) is 45.4 Å². The minimum atomic E-state index is -0.959. The fourth-order valence-electron chi connectivity index (χ4n) is 1.54. The first-order valence-corrected chi connectivity index (χ1v) is 6.97. The summed E-state index contributed by atoms with van der Waals surface area (Å²) in [6.45, 7) is 2.18. The maximum absolute atomic E-state index is 11.6. The molecule has 1 heterocycles. The molecule has 0 bridgehead atoms. The average Bonchev–Trinajstić information content (AvgIpc) is 2.64. The number of carbonyl (C=O) groups excluding carboxylic acids is 1. The first kappa shape index (κ1) is 12.4. The zero-order valence-electron chi connectivity index (χ0n) is 9.28. The third-order valence-electron chi connectivity index (χ3n) is 2.47. The molecule has 0 aliphatic carbocycles. The van der Waals surface area contributed by atoms with E-state index >= 15 is 0 Å². The molecule has 1 atom stereocenters. The van der Waals surface area contributed by atoms with Crippen LogP contribution in [0.5, 0.6) is 0 Å². The van der Waals surface area contributed by atoms with Crippen molar-refractivity contribution < 1.29 is 9.00 Å². The van der Waals surface area contributed by atoms with Crippen LogP contribution in [0.3, 0.4) is 0 Å². The summed E-state index contributed by atoms with van der Waals surface area (Å²) in [5.74, 6) is 0.460.